The first-order valence-corrected chi connectivity index (χ1v) is 29.4. The maximum Gasteiger partial charge on any atom is 0.306 e. The lowest BCUT2D eigenvalue weighted by Gasteiger charge is -2.18. The highest BCUT2D eigenvalue weighted by Gasteiger charge is 2.19. The average molecular weight is 964 g/mol. The van der Waals surface area contributed by atoms with Crippen LogP contribution in [0, 0.1) is 0 Å². The summed E-state index contributed by atoms with van der Waals surface area (Å²) >= 11 is 0. The van der Waals surface area contributed by atoms with Crippen molar-refractivity contribution >= 4 is 17.9 Å². The van der Waals surface area contributed by atoms with Crippen molar-refractivity contribution in [2.75, 3.05) is 13.2 Å². The maximum absolute atomic E-state index is 12.9. The van der Waals surface area contributed by atoms with Crippen LogP contribution in [0.2, 0.25) is 0 Å². The molecule has 69 heavy (non-hydrogen) atoms. The zero-order chi connectivity index (χ0) is 50.0. The number of rotatable bonds is 53. The zero-order valence-electron chi connectivity index (χ0n) is 45.6. The first kappa shape index (κ1) is 65.8. The Labute approximate surface area is 427 Å². The molecule has 0 aromatic rings. The highest BCUT2D eigenvalue weighted by Crippen LogP contribution is 2.16. The van der Waals surface area contributed by atoms with Gasteiger partial charge >= 0.3 is 17.9 Å². The molecule has 0 aromatic heterocycles. The second-order valence-corrected chi connectivity index (χ2v) is 19.5. The highest BCUT2D eigenvalue weighted by atomic mass is 16.6. The molecule has 0 spiro atoms. The summed E-state index contributed by atoms with van der Waals surface area (Å²) in [5, 5.41) is 0. The van der Waals surface area contributed by atoms with Crippen molar-refractivity contribution in [3.05, 3.63) is 72.9 Å². The lowest BCUT2D eigenvalue weighted by molar-refractivity contribution is -0.167. The van der Waals surface area contributed by atoms with Crippen molar-refractivity contribution in [1.82, 2.24) is 0 Å². The van der Waals surface area contributed by atoms with E-state index in [9.17, 15) is 14.4 Å². The van der Waals surface area contributed by atoms with E-state index in [4.69, 9.17) is 14.2 Å². The number of hydrogen-bond acceptors (Lipinski definition) is 6. The number of ether oxygens (including phenoxy) is 3. The summed E-state index contributed by atoms with van der Waals surface area (Å²) in [4.78, 5) is 38.2. The molecule has 0 N–H and O–H groups in total. The Bertz CT molecular complexity index is 1290. The van der Waals surface area contributed by atoms with Crippen LogP contribution >= 0.6 is 0 Å². The molecule has 0 aromatic carbocycles. The molecule has 0 fully saturated rings. The summed E-state index contributed by atoms with van der Waals surface area (Å²) in [6.07, 6.45) is 73.1. The molecule has 398 valence electrons. The fourth-order valence-corrected chi connectivity index (χ4v) is 8.29. The summed E-state index contributed by atoms with van der Waals surface area (Å²) in [6.45, 7) is 6.51. The third kappa shape index (κ3) is 55.6. The molecule has 0 heterocycles. The van der Waals surface area contributed by atoms with E-state index < -0.39 is 6.10 Å². The Morgan fingerprint density at radius 2 is 0.565 bits per heavy atom. The van der Waals surface area contributed by atoms with Crippen molar-refractivity contribution in [2.45, 2.75) is 297 Å². The van der Waals surface area contributed by atoms with Gasteiger partial charge in [0.15, 0.2) is 6.10 Å². The first-order chi connectivity index (χ1) is 34.0. The van der Waals surface area contributed by atoms with Gasteiger partial charge in [-0.25, -0.2) is 0 Å². The van der Waals surface area contributed by atoms with Gasteiger partial charge in [0.05, 0.1) is 0 Å². The quantitative estimate of drug-likeness (QED) is 0.0262. The van der Waals surface area contributed by atoms with Gasteiger partial charge in [0.1, 0.15) is 13.2 Å². The summed E-state index contributed by atoms with van der Waals surface area (Å²) < 4.78 is 16.9. The number of carbonyl (C=O) groups is 3. The smallest absolute Gasteiger partial charge is 0.306 e. The van der Waals surface area contributed by atoms with Crippen LogP contribution in [-0.2, 0) is 28.6 Å². The zero-order valence-corrected chi connectivity index (χ0v) is 45.6. The van der Waals surface area contributed by atoms with Crippen LogP contribution in [-0.4, -0.2) is 37.2 Å². The van der Waals surface area contributed by atoms with Gasteiger partial charge in [-0.3, -0.25) is 14.4 Å². The third-order valence-corrected chi connectivity index (χ3v) is 12.7. The van der Waals surface area contributed by atoms with Gasteiger partial charge in [-0.2, -0.15) is 0 Å². The van der Waals surface area contributed by atoms with Crippen LogP contribution in [0.1, 0.15) is 290 Å². The molecule has 0 rings (SSSR count). The van der Waals surface area contributed by atoms with Crippen LogP contribution in [0.5, 0.6) is 0 Å². The Kier molecular flexibility index (Phi) is 54.8. The van der Waals surface area contributed by atoms with Gasteiger partial charge in [0.2, 0.25) is 0 Å². The number of hydrogen-bond donors (Lipinski definition) is 0. The molecule has 0 saturated carbocycles. The van der Waals surface area contributed by atoms with E-state index in [0.717, 1.165) is 103 Å². The topological polar surface area (TPSA) is 78.9 Å². The number of unbranched alkanes of at least 4 members (excludes halogenated alkanes) is 30. The minimum absolute atomic E-state index is 0.0809. The molecular weight excluding hydrogens is 853 g/mol. The van der Waals surface area contributed by atoms with Crippen LogP contribution in [0.3, 0.4) is 0 Å². The molecule has 6 heteroatoms. The Morgan fingerprint density at radius 1 is 0.304 bits per heavy atom. The normalized spacial score (nSPS) is 12.6. The van der Waals surface area contributed by atoms with Crippen molar-refractivity contribution in [2.24, 2.45) is 0 Å². The van der Waals surface area contributed by atoms with Crippen molar-refractivity contribution in [3.63, 3.8) is 0 Å². The monoisotopic (exact) mass is 963 g/mol. The lowest BCUT2D eigenvalue weighted by atomic mass is 10.0. The van der Waals surface area contributed by atoms with Crippen molar-refractivity contribution in [1.29, 1.82) is 0 Å². The van der Waals surface area contributed by atoms with Crippen LogP contribution < -0.4 is 0 Å². The second-order valence-electron chi connectivity index (χ2n) is 19.5. The van der Waals surface area contributed by atoms with E-state index in [1.54, 1.807) is 0 Å². The minimum atomic E-state index is -0.785. The van der Waals surface area contributed by atoms with Gasteiger partial charge in [-0.05, 0) is 89.9 Å². The van der Waals surface area contributed by atoms with Crippen LogP contribution in [0.15, 0.2) is 72.9 Å². The van der Waals surface area contributed by atoms with Gasteiger partial charge in [-0.1, -0.05) is 254 Å². The summed E-state index contributed by atoms with van der Waals surface area (Å²) in [6, 6.07) is 0. The van der Waals surface area contributed by atoms with E-state index in [-0.39, 0.29) is 31.1 Å². The molecule has 0 radical (unpaired) electrons. The summed E-state index contributed by atoms with van der Waals surface area (Å²) in [5.41, 5.74) is 0. The Balaban J connectivity index is 4.40. The molecule has 0 amide bonds. The van der Waals surface area contributed by atoms with Gasteiger partial charge < -0.3 is 14.2 Å². The van der Waals surface area contributed by atoms with E-state index in [1.165, 1.54) is 148 Å². The number of esters is 3. The van der Waals surface area contributed by atoms with Gasteiger partial charge in [-0.15, -0.1) is 0 Å². The lowest BCUT2D eigenvalue weighted by Crippen LogP contribution is -2.30. The standard InChI is InChI=1S/C63H110O6/c1-4-7-10-13-16-19-22-25-28-30-31-33-35-38-41-44-47-50-53-56-62(65)68-59-60(58-67-61(64)55-52-49-46-43-40-37-34-27-24-21-18-15-12-9-6-3)69-63(66)57-54-51-48-45-42-39-36-32-29-26-23-20-17-14-11-8-5-2/h7,10,16-17,19-20,25-26,28-29,31,33,60H,4-6,8-9,11-15,18,21-24,27,30,32,34-59H2,1-3H3/b10-7-,19-16-,20-17-,28-25-,29-26-,33-31-. The first-order valence-electron chi connectivity index (χ1n) is 29.4. The predicted octanol–water partition coefficient (Wildman–Crippen LogP) is 19.8. The molecule has 6 nitrogen and oxygen atoms in total. The SMILES string of the molecule is CC/C=C\C/C=C\C/C=C\C/C=C\CCCCCCCCC(=O)OCC(COC(=O)CCCCCCCCCCCCCCCCC)OC(=O)CCCCCCCCC/C=C\C/C=C\CCCCC. The molecule has 0 bridgehead atoms. The molecule has 0 aliphatic heterocycles. The minimum Gasteiger partial charge on any atom is -0.462 e. The third-order valence-electron chi connectivity index (χ3n) is 12.7. The van der Waals surface area contributed by atoms with Crippen LogP contribution in [0.25, 0.3) is 0 Å². The predicted molar refractivity (Wildman–Crippen MR) is 298 cm³/mol. The molecule has 1 atom stereocenters. The van der Waals surface area contributed by atoms with E-state index in [0.29, 0.717) is 19.3 Å². The molecule has 1 unspecified atom stereocenters. The second kappa shape index (κ2) is 57.4. The fraction of sp³-hybridized carbons (Fsp3) is 0.762. The van der Waals surface area contributed by atoms with E-state index >= 15 is 0 Å². The maximum atomic E-state index is 12.9. The molecule has 0 aliphatic carbocycles. The Hall–Kier alpha value is -3.15. The average Bonchev–Trinajstić information content (AvgIpc) is 3.35. The summed E-state index contributed by atoms with van der Waals surface area (Å²) in [5.74, 6) is -0.892. The summed E-state index contributed by atoms with van der Waals surface area (Å²) in [7, 11) is 0. The molecule has 0 saturated heterocycles. The van der Waals surface area contributed by atoms with Crippen molar-refractivity contribution in [3.8, 4) is 0 Å². The van der Waals surface area contributed by atoms with Gasteiger partial charge in [0, 0.05) is 19.3 Å². The molecule has 0 aliphatic rings. The largest absolute Gasteiger partial charge is 0.462 e. The van der Waals surface area contributed by atoms with E-state index in [2.05, 4.69) is 93.7 Å². The number of allylic oxidation sites excluding steroid dienone is 12. The van der Waals surface area contributed by atoms with Gasteiger partial charge in [0.25, 0.3) is 0 Å². The van der Waals surface area contributed by atoms with Crippen LogP contribution in [0.4, 0.5) is 0 Å². The highest BCUT2D eigenvalue weighted by molar-refractivity contribution is 5.71. The fourth-order valence-electron chi connectivity index (χ4n) is 8.29. The Morgan fingerprint density at radius 3 is 0.913 bits per heavy atom. The van der Waals surface area contributed by atoms with Crippen molar-refractivity contribution < 1.29 is 28.6 Å². The molecular formula is C63H110O6. The number of carbonyl (C=O) groups excluding carboxylic acids is 3. The van der Waals surface area contributed by atoms with E-state index in [1.807, 2.05) is 0 Å².